The normalized spacial score (nSPS) is 15.8. The second-order valence-electron chi connectivity index (χ2n) is 7.21. The van der Waals surface area contributed by atoms with E-state index in [1.807, 2.05) is 12.3 Å². The van der Waals surface area contributed by atoms with E-state index in [9.17, 15) is 13.2 Å². The number of carbonyl (C=O) groups is 1. The molecule has 1 aliphatic heterocycles. The van der Waals surface area contributed by atoms with Gasteiger partial charge in [0, 0.05) is 31.1 Å². The molecule has 9 heteroatoms. The summed E-state index contributed by atoms with van der Waals surface area (Å²) in [4.78, 5) is 18.9. The van der Waals surface area contributed by atoms with Gasteiger partial charge in [0.05, 0.1) is 22.3 Å². The van der Waals surface area contributed by atoms with Crippen LogP contribution < -0.4 is 0 Å². The lowest BCUT2D eigenvalue weighted by Crippen LogP contribution is -2.32. The number of amides is 1. The maximum absolute atomic E-state index is 13.1. The van der Waals surface area contributed by atoms with Gasteiger partial charge in [0.1, 0.15) is 4.90 Å². The van der Waals surface area contributed by atoms with E-state index in [-0.39, 0.29) is 15.8 Å². The molecule has 0 N–H and O–H groups in total. The molecular weight excluding hydrogens is 430 g/mol. The summed E-state index contributed by atoms with van der Waals surface area (Å²) < 4.78 is 27.8. The number of carbonyl (C=O) groups excluding carboxylic acids is 1. The van der Waals surface area contributed by atoms with Gasteiger partial charge in [-0.15, -0.1) is 11.3 Å². The van der Waals surface area contributed by atoms with E-state index in [0.29, 0.717) is 25.2 Å². The van der Waals surface area contributed by atoms with Crippen LogP contribution in [0.2, 0.25) is 5.02 Å². The number of hydrogen-bond donors (Lipinski definition) is 0. The highest BCUT2D eigenvalue weighted by Crippen LogP contribution is 2.28. The van der Waals surface area contributed by atoms with Crippen molar-refractivity contribution in [2.45, 2.75) is 50.5 Å². The molecule has 0 saturated carbocycles. The number of benzene rings is 1. The molecule has 2 heterocycles. The predicted molar refractivity (Wildman–Crippen MR) is 116 cm³/mol. The first-order valence-corrected chi connectivity index (χ1v) is 12.5. The Morgan fingerprint density at radius 1 is 1.24 bits per heavy atom. The highest BCUT2D eigenvalue weighted by molar-refractivity contribution is 7.89. The van der Waals surface area contributed by atoms with Crippen LogP contribution >= 0.6 is 22.9 Å². The van der Waals surface area contributed by atoms with E-state index in [1.54, 1.807) is 29.4 Å². The van der Waals surface area contributed by atoms with Crippen molar-refractivity contribution in [3.8, 4) is 0 Å². The second-order valence-corrected chi connectivity index (χ2v) is 10.5. The van der Waals surface area contributed by atoms with E-state index in [1.165, 1.54) is 16.4 Å². The summed E-state index contributed by atoms with van der Waals surface area (Å²) in [6.07, 6.45) is 4.59. The fraction of sp³-hybridized carbons (Fsp3) is 0.500. The van der Waals surface area contributed by atoms with Crippen LogP contribution in [0, 0.1) is 0 Å². The van der Waals surface area contributed by atoms with E-state index in [4.69, 9.17) is 11.6 Å². The fourth-order valence-electron chi connectivity index (χ4n) is 3.37. The lowest BCUT2D eigenvalue weighted by Gasteiger charge is -2.21. The Bertz CT molecular complexity index is 967. The van der Waals surface area contributed by atoms with Crippen LogP contribution in [0.4, 0.5) is 0 Å². The average Bonchev–Trinajstić information content (AvgIpc) is 2.97. The fourth-order valence-corrected chi connectivity index (χ4v) is 6.13. The minimum Gasteiger partial charge on any atom is -0.336 e. The molecule has 2 aromatic rings. The van der Waals surface area contributed by atoms with Crippen molar-refractivity contribution in [2.24, 2.45) is 0 Å². The molecule has 1 fully saturated rings. The molecule has 3 rings (SSSR count). The molecular formula is C20H26ClN3O3S2. The highest BCUT2D eigenvalue weighted by Gasteiger charge is 2.28. The van der Waals surface area contributed by atoms with Crippen LogP contribution in [0.25, 0.3) is 0 Å². The Labute approximate surface area is 181 Å². The molecule has 1 amide bonds. The van der Waals surface area contributed by atoms with Gasteiger partial charge in [-0.1, -0.05) is 31.4 Å². The molecule has 0 atom stereocenters. The number of halogens is 1. The first-order chi connectivity index (χ1) is 13.8. The number of thiazole rings is 1. The topological polar surface area (TPSA) is 70.6 Å². The van der Waals surface area contributed by atoms with Crippen molar-refractivity contribution in [3.05, 3.63) is 44.9 Å². The third-order valence-corrected chi connectivity index (χ3v) is 8.43. The Morgan fingerprint density at radius 2 is 1.93 bits per heavy atom. The molecule has 1 saturated heterocycles. The Morgan fingerprint density at radius 3 is 2.55 bits per heavy atom. The lowest BCUT2D eigenvalue weighted by molar-refractivity contribution is 0.0783. The Balaban J connectivity index is 1.82. The average molecular weight is 456 g/mol. The summed E-state index contributed by atoms with van der Waals surface area (Å²) in [5.74, 6) is -0.264. The van der Waals surface area contributed by atoms with Gasteiger partial charge in [-0.25, -0.2) is 13.4 Å². The minimum absolute atomic E-state index is 0.00208. The summed E-state index contributed by atoms with van der Waals surface area (Å²) in [7, 11) is -2.05. The molecule has 1 aromatic carbocycles. The number of hydrogen-bond acceptors (Lipinski definition) is 5. The zero-order valence-corrected chi connectivity index (χ0v) is 19.1. The summed E-state index contributed by atoms with van der Waals surface area (Å²) in [5, 5.41) is 3.11. The first-order valence-electron chi connectivity index (χ1n) is 9.81. The van der Waals surface area contributed by atoms with Gasteiger partial charge < -0.3 is 4.90 Å². The van der Waals surface area contributed by atoms with Crippen LogP contribution in [0.3, 0.4) is 0 Å². The minimum atomic E-state index is -3.74. The van der Waals surface area contributed by atoms with Gasteiger partial charge in [0.25, 0.3) is 5.91 Å². The van der Waals surface area contributed by atoms with E-state index in [0.717, 1.165) is 42.8 Å². The Hall–Kier alpha value is -1.48. The van der Waals surface area contributed by atoms with Crippen LogP contribution in [-0.2, 0) is 23.0 Å². The molecule has 0 spiro atoms. The van der Waals surface area contributed by atoms with E-state index < -0.39 is 10.0 Å². The number of sulfonamides is 1. The van der Waals surface area contributed by atoms with E-state index in [2.05, 4.69) is 4.98 Å². The van der Waals surface area contributed by atoms with Gasteiger partial charge in [-0.3, -0.25) is 4.79 Å². The molecule has 0 aliphatic carbocycles. The highest BCUT2D eigenvalue weighted by atomic mass is 35.5. The van der Waals surface area contributed by atoms with Crippen molar-refractivity contribution >= 4 is 38.9 Å². The van der Waals surface area contributed by atoms with Gasteiger partial charge in [-0.2, -0.15) is 4.31 Å². The molecule has 29 heavy (non-hydrogen) atoms. The van der Waals surface area contributed by atoms with Crippen LogP contribution in [0.15, 0.2) is 28.5 Å². The van der Waals surface area contributed by atoms with Gasteiger partial charge in [-0.05, 0) is 37.5 Å². The number of rotatable bonds is 6. The van der Waals surface area contributed by atoms with Crippen molar-refractivity contribution in [1.29, 1.82) is 0 Å². The van der Waals surface area contributed by atoms with Crippen LogP contribution in [-0.4, -0.2) is 48.7 Å². The van der Waals surface area contributed by atoms with Crippen LogP contribution in [0.1, 0.15) is 53.7 Å². The lowest BCUT2D eigenvalue weighted by atomic mass is 10.2. The van der Waals surface area contributed by atoms with Crippen molar-refractivity contribution in [1.82, 2.24) is 14.2 Å². The number of aryl methyl sites for hydroxylation is 1. The SMILES string of the molecule is CCc1nc(CN(C)C(=O)c2ccc(Cl)c(S(=O)(=O)N3CCCCCC3)c2)cs1. The Kier molecular flexibility index (Phi) is 7.32. The monoisotopic (exact) mass is 455 g/mol. The first kappa shape index (κ1) is 22.2. The molecule has 0 unspecified atom stereocenters. The molecule has 0 bridgehead atoms. The molecule has 6 nitrogen and oxygen atoms in total. The largest absolute Gasteiger partial charge is 0.336 e. The summed E-state index contributed by atoms with van der Waals surface area (Å²) in [5.41, 5.74) is 1.13. The third kappa shape index (κ3) is 5.17. The molecule has 158 valence electrons. The summed E-state index contributed by atoms with van der Waals surface area (Å²) >= 11 is 7.81. The number of nitrogens with zero attached hydrogens (tertiary/aromatic N) is 3. The van der Waals surface area contributed by atoms with Crippen molar-refractivity contribution < 1.29 is 13.2 Å². The maximum atomic E-state index is 13.1. The van der Waals surface area contributed by atoms with Gasteiger partial charge in [0.2, 0.25) is 10.0 Å². The maximum Gasteiger partial charge on any atom is 0.253 e. The summed E-state index contributed by atoms with van der Waals surface area (Å²) in [6.45, 7) is 3.38. The van der Waals surface area contributed by atoms with Crippen molar-refractivity contribution in [3.63, 3.8) is 0 Å². The smallest absolute Gasteiger partial charge is 0.253 e. The molecule has 1 aromatic heterocycles. The third-order valence-electron chi connectivity index (χ3n) is 5.01. The molecule has 0 radical (unpaired) electrons. The molecule has 1 aliphatic rings. The zero-order chi connectivity index (χ0) is 21.0. The standard InChI is InChI=1S/C20H26ClN3O3S2/c1-3-19-22-16(14-28-19)13-23(2)20(25)15-8-9-17(21)18(12-15)29(26,27)24-10-6-4-5-7-11-24/h8-9,12,14H,3-7,10-11,13H2,1-2H3. The predicted octanol–water partition coefficient (Wildman–Crippen LogP) is 4.20. The quantitative estimate of drug-likeness (QED) is 0.654. The second kappa shape index (κ2) is 9.55. The van der Waals surface area contributed by atoms with Gasteiger partial charge in [0.15, 0.2) is 0 Å². The van der Waals surface area contributed by atoms with Crippen molar-refractivity contribution in [2.75, 3.05) is 20.1 Å². The van der Waals surface area contributed by atoms with Gasteiger partial charge >= 0.3 is 0 Å². The van der Waals surface area contributed by atoms with E-state index >= 15 is 0 Å². The summed E-state index contributed by atoms with van der Waals surface area (Å²) in [6, 6.07) is 4.46. The van der Waals surface area contributed by atoms with Crippen LogP contribution in [0.5, 0.6) is 0 Å². The number of aromatic nitrogens is 1. The zero-order valence-electron chi connectivity index (χ0n) is 16.7.